The van der Waals surface area contributed by atoms with Gasteiger partial charge in [-0.25, -0.2) is 18.4 Å². The summed E-state index contributed by atoms with van der Waals surface area (Å²) in [5.74, 6) is -3.12. The van der Waals surface area contributed by atoms with Gasteiger partial charge in [0, 0.05) is 18.6 Å². The number of amides is 1. The topological polar surface area (TPSA) is 108 Å². The zero-order valence-corrected chi connectivity index (χ0v) is 13.0. The monoisotopic (exact) mass is 360 g/mol. The number of benzene rings is 1. The molecule has 0 saturated carbocycles. The Kier molecular flexibility index (Phi) is 5.35. The molecule has 0 bridgehead atoms. The van der Waals surface area contributed by atoms with Gasteiger partial charge in [0.2, 0.25) is 0 Å². The second-order valence-corrected chi connectivity index (χ2v) is 5.23. The fourth-order valence-corrected chi connectivity index (χ4v) is 2.30. The lowest BCUT2D eigenvalue weighted by molar-refractivity contribution is -0.384. The third kappa shape index (κ3) is 4.75. The van der Waals surface area contributed by atoms with Crippen molar-refractivity contribution in [2.24, 2.45) is 0 Å². The van der Waals surface area contributed by atoms with Crippen LogP contribution in [0.15, 0.2) is 24.3 Å². The average molecular weight is 360 g/mol. The summed E-state index contributed by atoms with van der Waals surface area (Å²) in [4.78, 5) is 33.7. The number of hydrogen-bond donors (Lipinski definition) is 0. The minimum atomic E-state index is -3.11. The highest BCUT2D eigenvalue weighted by Gasteiger charge is 2.48. The zero-order valence-electron chi connectivity index (χ0n) is 13.0. The molecule has 1 aliphatic rings. The first-order valence-corrected chi connectivity index (χ1v) is 7.03. The summed E-state index contributed by atoms with van der Waals surface area (Å²) in [6, 6.07) is 3.57. The Balaban J connectivity index is 1.90. The van der Waals surface area contributed by atoms with E-state index >= 15 is 0 Å². The predicted molar refractivity (Wildman–Crippen MR) is 77.5 cm³/mol. The van der Waals surface area contributed by atoms with Crippen LogP contribution in [-0.2, 0) is 9.47 Å². The first kappa shape index (κ1) is 18.4. The Morgan fingerprint density at radius 3 is 2.56 bits per heavy atom. The van der Waals surface area contributed by atoms with Gasteiger partial charge in [-0.2, -0.15) is 0 Å². The number of ether oxygens (including phenoxy) is 3. The molecule has 2 rings (SSSR count). The predicted octanol–water partition coefficient (Wildman–Crippen LogP) is 2.59. The van der Waals surface area contributed by atoms with Gasteiger partial charge in [-0.1, -0.05) is 0 Å². The molecule has 0 spiro atoms. The van der Waals surface area contributed by atoms with Gasteiger partial charge in [-0.15, -0.1) is 0 Å². The first-order chi connectivity index (χ1) is 11.7. The third-order valence-electron chi connectivity index (χ3n) is 3.43. The van der Waals surface area contributed by atoms with Crippen molar-refractivity contribution in [2.45, 2.75) is 18.4 Å². The van der Waals surface area contributed by atoms with Crippen LogP contribution in [0.4, 0.5) is 24.1 Å². The smallest absolute Gasteiger partial charge is 0.453 e. The van der Waals surface area contributed by atoms with Gasteiger partial charge in [0.15, 0.2) is 0 Å². The Morgan fingerprint density at radius 1 is 1.36 bits per heavy atom. The molecule has 0 aromatic heterocycles. The summed E-state index contributed by atoms with van der Waals surface area (Å²) in [5.41, 5.74) is -0.192. The molecule has 1 aliphatic heterocycles. The van der Waals surface area contributed by atoms with Crippen LogP contribution >= 0.6 is 0 Å². The lowest BCUT2D eigenvalue weighted by Gasteiger charge is -2.21. The molecule has 1 aromatic rings. The molecule has 0 aliphatic carbocycles. The average Bonchev–Trinajstić information content (AvgIpc) is 2.87. The Labute approximate surface area is 140 Å². The Bertz CT molecular complexity index is 666. The van der Waals surface area contributed by atoms with Crippen LogP contribution in [0.2, 0.25) is 0 Å². The normalized spacial score (nSPS) is 18.5. The van der Waals surface area contributed by atoms with E-state index in [9.17, 15) is 28.5 Å². The number of carbonyl (C=O) groups excluding carboxylic acids is 2. The fourth-order valence-electron chi connectivity index (χ4n) is 2.30. The van der Waals surface area contributed by atoms with Gasteiger partial charge in [0.25, 0.3) is 11.6 Å². The fraction of sp³-hybridized carbons (Fsp3) is 0.429. The standard InChI is InChI=1S/C14H14F2N2O7/c1-23-12(19)17-8-14(15,16)6-10(17)7-24-13(20)25-11-4-2-9(3-5-11)18(21)22/h2-5,10H,6-8H2,1H3/t10-/m0/s1. The van der Waals surface area contributed by atoms with Crippen molar-refractivity contribution < 1.29 is 37.5 Å². The number of halogens is 2. The Morgan fingerprint density at radius 2 is 2.00 bits per heavy atom. The SMILES string of the molecule is COC(=O)N1CC(F)(F)C[C@H]1COC(=O)Oc1ccc([N+](=O)[O-])cc1. The van der Waals surface area contributed by atoms with Crippen LogP contribution in [0.5, 0.6) is 5.75 Å². The van der Waals surface area contributed by atoms with Crippen molar-refractivity contribution in [3.05, 3.63) is 34.4 Å². The molecular weight excluding hydrogens is 346 g/mol. The summed E-state index contributed by atoms with van der Waals surface area (Å²) in [6.07, 6.45) is -2.81. The number of non-ortho nitro benzene ring substituents is 1. The molecule has 1 aromatic carbocycles. The maximum Gasteiger partial charge on any atom is 0.513 e. The molecule has 1 heterocycles. The van der Waals surface area contributed by atoms with E-state index in [1.165, 1.54) is 12.1 Å². The first-order valence-electron chi connectivity index (χ1n) is 7.03. The molecular formula is C14H14F2N2O7. The van der Waals surface area contributed by atoms with E-state index in [0.717, 1.165) is 24.1 Å². The van der Waals surface area contributed by atoms with Crippen LogP contribution in [0.25, 0.3) is 0 Å². The molecule has 0 unspecified atom stereocenters. The van der Waals surface area contributed by atoms with Crippen molar-refractivity contribution in [3.8, 4) is 5.75 Å². The number of nitro groups is 1. The largest absolute Gasteiger partial charge is 0.513 e. The number of likely N-dealkylation sites (tertiary alicyclic amines) is 1. The maximum absolute atomic E-state index is 13.4. The molecule has 136 valence electrons. The quantitative estimate of drug-likeness (QED) is 0.351. The van der Waals surface area contributed by atoms with Gasteiger partial charge in [-0.3, -0.25) is 15.0 Å². The number of nitro benzene ring substituents is 1. The van der Waals surface area contributed by atoms with Crippen LogP contribution < -0.4 is 4.74 Å². The van der Waals surface area contributed by atoms with Crippen LogP contribution in [0, 0.1) is 10.1 Å². The lowest BCUT2D eigenvalue weighted by atomic mass is 10.2. The number of carbonyl (C=O) groups is 2. The number of rotatable bonds is 4. The van der Waals surface area contributed by atoms with Gasteiger partial charge >= 0.3 is 12.2 Å². The molecule has 1 saturated heterocycles. The van der Waals surface area contributed by atoms with E-state index in [2.05, 4.69) is 4.74 Å². The molecule has 1 amide bonds. The van der Waals surface area contributed by atoms with Gasteiger partial charge in [0.1, 0.15) is 12.4 Å². The van der Waals surface area contributed by atoms with E-state index in [-0.39, 0.29) is 11.4 Å². The van der Waals surface area contributed by atoms with E-state index in [1.807, 2.05) is 0 Å². The summed E-state index contributed by atoms with van der Waals surface area (Å²) < 4.78 is 40.8. The highest BCUT2D eigenvalue weighted by molar-refractivity contribution is 5.69. The van der Waals surface area contributed by atoms with Crippen molar-refractivity contribution in [3.63, 3.8) is 0 Å². The summed E-state index contributed by atoms with van der Waals surface area (Å²) in [7, 11) is 1.06. The van der Waals surface area contributed by atoms with Gasteiger partial charge in [-0.05, 0) is 12.1 Å². The van der Waals surface area contributed by atoms with E-state index in [0.29, 0.717) is 0 Å². The van der Waals surface area contributed by atoms with Crippen molar-refractivity contribution in [1.82, 2.24) is 4.90 Å². The van der Waals surface area contributed by atoms with E-state index in [4.69, 9.17) is 9.47 Å². The van der Waals surface area contributed by atoms with Gasteiger partial charge in [0.05, 0.1) is 24.6 Å². The minimum Gasteiger partial charge on any atom is -0.453 e. The van der Waals surface area contributed by atoms with Crippen molar-refractivity contribution in [2.75, 3.05) is 20.3 Å². The van der Waals surface area contributed by atoms with Crippen LogP contribution in [0.3, 0.4) is 0 Å². The second-order valence-electron chi connectivity index (χ2n) is 5.23. The molecule has 9 nitrogen and oxygen atoms in total. The molecule has 11 heteroatoms. The summed E-state index contributed by atoms with van der Waals surface area (Å²) in [5, 5.41) is 10.5. The van der Waals surface area contributed by atoms with Crippen LogP contribution in [-0.4, -0.2) is 54.3 Å². The van der Waals surface area contributed by atoms with E-state index < -0.39 is 48.7 Å². The highest BCUT2D eigenvalue weighted by atomic mass is 19.3. The highest BCUT2D eigenvalue weighted by Crippen LogP contribution is 2.32. The van der Waals surface area contributed by atoms with Crippen molar-refractivity contribution >= 4 is 17.9 Å². The number of alkyl halides is 2. The lowest BCUT2D eigenvalue weighted by Crippen LogP contribution is -2.39. The molecule has 1 atom stereocenters. The van der Waals surface area contributed by atoms with E-state index in [1.54, 1.807) is 0 Å². The maximum atomic E-state index is 13.4. The van der Waals surface area contributed by atoms with Crippen molar-refractivity contribution in [1.29, 1.82) is 0 Å². The number of methoxy groups -OCH3 is 1. The number of nitrogens with zero attached hydrogens (tertiary/aromatic N) is 2. The summed E-state index contributed by atoms with van der Waals surface area (Å²) >= 11 is 0. The summed E-state index contributed by atoms with van der Waals surface area (Å²) in [6.45, 7) is -1.33. The number of hydrogen-bond acceptors (Lipinski definition) is 7. The minimum absolute atomic E-state index is 0.0165. The van der Waals surface area contributed by atoms with Gasteiger partial charge < -0.3 is 14.2 Å². The molecule has 0 radical (unpaired) electrons. The zero-order chi connectivity index (χ0) is 18.6. The molecule has 0 N–H and O–H groups in total. The van der Waals surface area contributed by atoms with Crippen LogP contribution in [0.1, 0.15) is 6.42 Å². The second kappa shape index (κ2) is 7.28. The third-order valence-corrected chi connectivity index (χ3v) is 3.43. The molecule has 1 fully saturated rings. The Hall–Kier alpha value is -2.98. The molecule has 25 heavy (non-hydrogen) atoms.